The zero-order valence-corrected chi connectivity index (χ0v) is 13.9. The molecule has 3 aliphatic rings. The Morgan fingerprint density at radius 1 is 1.14 bits per heavy atom. The summed E-state index contributed by atoms with van der Waals surface area (Å²) in [5.41, 5.74) is 0.615. The van der Waals surface area contributed by atoms with Crippen LogP contribution in [0.3, 0.4) is 0 Å². The van der Waals surface area contributed by atoms with Crippen molar-refractivity contribution in [1.82, 2.24) is 5.32 Å². The Hall–Kier alpha value is -0.120. The fourth-order valence-electron chi connectivity index (χ4n) is 5.32. The van der Waals surface area contributed by atoms with Gasteiger partial charge >= 0.3 is 0 Å². The molecule has 21 heavy (non-hydrogen) atoms. The number of hydrogen-bond acceptors (Lipinski definition) is 3. The first-order valence-corrected chi connectivity index (χ1v) is 9.05. The molecular formula is C18H33NO2. The van der Waals surface area contributed by atoms with Crippen molar-refractivity contribution in [2.75, 3.05) is 19.8 Å². The molecule has 1 heterocycles. The molecule has 3 atom stereocenters. The van der Waals surface area contributed by atoms with Crippen molar-refractivity contribution in [3.05, 3.63) is 0 Å². The molecule has 2 aliphatic carbocycles. The van der Waals surface area contributed by atoms with Gasteiger partial charge in [0.2, 0.25) is 0 Å². The lowest BCUT2D eigenvalue weighted by molar-refractivity contribution is -0.194. The Morgan fingerprint density at radius 2 is 1.90 bits per heavy atom. The molecule has 0 radical (unpaired) electrons. The minimum atomic E-state index is 0.264. The highest BCUT2D eigenvalue weighted by atomic mass is 16.5. The molecule has 0 aromatic heterocycles. The van der Waals surface area contributed by atoms with Gasteiger partial charge in [-0.25, -0.2) is 0 Å². The standard InChI is InChI=1S/C18H33NO2/c1-17(2)15(14-7-6-12-21-16(14)17)19-13-18(10-11-20)8-4-3-5-9-18/h14-16,19-20H,3-13H2,1-2H3. The highest BCUT2D eigenvalue weighted by Gasteiger charge is 2.57. The summed E-state index contributed by atoms with van der Waals surface area (Å²) in [6.07, 6.45) is 10.6. The van der Waals surface area contributed by atoms with E-state index in [1.54, 1.807) is 0 Å². The molecule has 3 nitrogen and oxygen atoms in total. The summed E-state index contributed by atoms with van der Waals surface area (Å²) in [6.45, 7) is 7.09. The van der Waals surface area contributed by atoms with Crippen LogP contribution in [0, 0.1) is 16.7 Å². The topological polar surface area (TPSA) is 41.5 Å². The number of hydrogen-bond donors (Lipinski definition) is 2. The van der Waals surface area contributed by atoms with Crippen LogP contribution in [0.5, 0.6) is 0 Å². The largest absolute Gasteiger partial charge is 0.396 e. The van der Waals surface area contributed by atoms with Gasteiger partial charge < -0.3 is 15.2 Å². The fraction of sp³-hybridized carbons (Fsp3) is 1.00. The summed E-state index contributed by atoms with van der Waals surface area (Å²) in [5, 5.41) is 13.4. The Labute approximate surface area is 129 Å². The van der Waals surface area contributed by atoms with Crippen molar-refractivity contribution in [2.45, 2.75) is 77.4 Å². The van der Waals surface area contributed by atoms with Crippen molar-refractivity contribution >= 4 is 0 Å². The number of fused-ring (bicyclic) bond motifs is 1. The van der Waals surface area contributed by atoms with Crippen LogP contribution in [-0.4, -0.2) is 37.0 Å². The Kier molecular flexibility index (Phi) is 4.63. The summed E-state index contributed by atoms with van der Waals surface area (Å²) in [4.78, 5) is 0. The zero-order valence-electron chi connectivity index (χ0n) is 13.9. The van der Waals surface area contributed by atoms with Crippen molar-refractivity contribution in [2.24, 2.45) is 16.7 Å². The van der Waals surface area contributed by atoms with Gasteiger partial charge in [0.05, 0.1) is 6.10 Å². The van der Waals surface area contributed by atoms with Gasteiger partial charge in [-0.3, -0.25) is 0 Å². The van der Waals surface area contributed by atoms with E-state index in [1.807, 2.05) is 0 Å². The quantitative estimate of drug-likeness (QED) is 0.819. The molecule has 0 amide bonds. The first-order chi connectivity index (χ1) is 10.1. The van der Waals surface area contributed by atoms with E-state index in [0.29, 0.717) is 30.1 Å². The van der Waals surface area contributed by atoms with Crippen molar-refractivity contribution in [3.8, 4) is 0 Å². The smallest absolute Gasteiger partial charge is 0.0684 e. The molecule has 0 bridgehead atoms. The average molecular weight is 295 g/mol. The maximum absolute atomic E-state index is 9.46. The summed E-state index contributed by atoms with van der Waals surface area (Å²) in [6, 6.07) is 0.597. The van der Waals surface area contributed by atoms with Crippen LogP contribution in [0.15, 0.2) is 0 Å². The van der Waals surface area contributed by atoms with Crippen LogP contribution < -0.4 is 5.32 Å². The van der Waals surface area contributed by atoms with Crippen molar-refractivity contribution < 1.29 is 9.84 Å². The normalized spacial score (nSPS) is 37.6. The molecule has 122 valence electrons. The first-order valence-electron chi connectivity index (χ1n) is 9.05. The minimum absolute atomic E-state index is 0.264. The van der Waals surface area contributed by atoms with Gasteiger partial charge in [-0.2, -0.15) is 0 Å². The third kappa shape index (κ3) is 2.89. The van der Waals surface area contributed by atoms with E-state index < -0.39 is 0 Å². The van der Waals surface area contributed by atoms with Crippen LogP contribution in [0.25, 0.3) is 0 Å². The molecule has 0 aromatic rings. The maximum atomic E-state index is 9.46. The highest BCUT2D eigenvalue weighted by Crippen LogP contribution is 2.51. The van der Waals surface area contributed by atoms with Crippen LogP contribution in [0.4, 0.5) is 0 Å². The van der Waals surface area contributed by atoms with E-state index in [9.17, 15) is 5.11 Å². The van der Waals surface area contributed by atoms with E-state index in [4.69, 9.17) is 4.74 Å². The maximum Gasteiger partial charge on any atom is 0.0684 e. The molecule has 0 spiro atoms. The van der Waals surface area contributed by atoms with Crippen LogP contribution in [-0.2, 0) is 4.74 Å². The highest BCUT2D eigenvalue weighted by molar-refractivity contribution is 5.10. The summed E-state index contributed by atoms with van der Waals surface area (Å²) < 4.78 is 6.01. The van der Waals surface area contributed by atoms with E-state index in [-0.39, 0.29) is 5.41 Å². The summed E-state index contributed by atoms with van der Waals surface area (Å²) in [7, 11) is 0. The zero-order chi connectivity index (χ0) is 14.9. The van der Waals surface area contributed by atoms with E-state index in [0.717, 1.165) is 19.6 Å². The number of nitrogens with one attached hydrogen (secondary N) is 1. The third-order valence-corrected chi connectivity index (χ3v) is 6.58. The first kappa shape index (κ1) is 15.8. The van der Waals surface area contributed by atoms with Gasteiger partial charge in [0.1, 0.15) is 0 Å². The second-order valence-electron chi connectivity index (χ2n) is 8.31. The van der Waals surface area contributed by atoms with Gasteiger partial charge in [-0.05, 0) is 37.5 Å². The van der Waals surface area contributed by atoms with E-state index in [2.05, 4.69) is 19.2 Å². The van der Waals surface area contributed by atoms with Crippen molar-refractivity contribution in [1.29, 1.82) is 0 Å². The lowest BCUT2D eigenvalue weighted by Gasteiger charge is -2.60. The molecule has 3 unspecified atom stereocenters. The van der Waals surface area contributed by atoms with Gasteiger partial charge in [0.15, 0.2) is 0 Å². The molecule has 2 N–H and O–H groups in total. The SMILES string of the molecule is CC1(C)C(NCC2(CCO)CCCCC2)C2CCCOC21. The van der Waals surface area contributed by atoms with Gasteiger partial charge in [-0.1, -0.05) is 33.1 Å². The minimum Gasteiger partial charge on any atom is -0.396 e. The Bertz CT molecular complexity index is 344. The number of rotatable bonds is 5. The van der Waals surface area contributed by atoms with Gasteiger partial charge in [0, 0.05) is 37.1 Å². The molecule has 0 aromatic carbocycles. The summed E-state index contributed by atoms with van der Waals surface area (Å²) in [5.74, 6) is 0.712. The predicted molar refractivity (Wildman–Crippen MR) is 85.3 cm³/mol. The van der Waals surface area contributed by atoms with Crippen LogP contribution >= 0.6 is 0 Å². The molecule has 3 rings (SSSR count). The second-order valence-corrected chi connectivity index (χ2v) is 8.31. The molecule has 3 heteroatoms. The number of ether oxygens (including phenoxy) is 1. The van der Waals surface area contributed by atoms with E-state index >= 15 is 0 Å². The van der Waals surface area contributed by atoms with Crippen molar-refractivity contribution in [3.63, 3.8) is 0 Å². The monoisotopic (exact) mass is 295 g/mol. The molecular weight excluding hydrogens is 262 g/mol. The lowest BCUT2D eigenvalue weighted by atomic mass is 9.55. The lowest BCUT2D eigenvalue weighted by Crippen LogP contribution is -2.70. The summed E-state index contributed by atoms with van der Waals surface area (Å²) >= 11 is 0. The average Bonchev–Trinajstić information content (AvgIpc) is 2.48. The Balaban J connectivity index is 1.60. The van der Waals surface area contributed by atoms with E-state index in [1.165, 1.54) is 44.9 Å². The molecule has 1 aliphatic heterocycles. The number of aliphatic hydroxyl groups is 1. The van der Waals surface area contributed by atoms with Crippen LogP contribution in [0.1, 0.15) is 65.2 Å². The molecule has 2 saturated carbocycles. The fourth-order valence-corrected chi connectivity index (χ4v) is 5.32. The third-order valence-electron chi connectivity index (χ3n) is 6.58. The number of aliphatic hydroxyl groups excluding tert-OH is 1. The van der Waals surface area contributed by atoms with Crippen LogP contribution in [0.2, 0.25) is 0 Å². The van der Waals surface area contributed by atoms with Gasteiger partial charge in [-0.15, -0.1) is 0 Å². The molecule has 1 saturated heterocycles. The van der Waals surface area contributed by atoms with Gasteiger partial charge in [0.25, 0.3) is 0 Å². The second kappa shape index (κ2) is 6.17. The Morgan fingerprint density at radius 3 is 2.62 bits per heavy atom. The molecule has 3 fully saturated rings. The predicted octanol–water partition coefficient (Wildman–Crippen LogP) is 3.11.